The smallest absolute Gasteiger partial charge is 0.274 e. The number of carbonyl (C=O) groups is 1. The molecule has 3 rings (SSSR count). The number of carbonyl (C=O) groups excluding carboxylic acids is 1. The van der Waals surface area contributed by atoms with Crippen LogP contribution in [0.4, 0.5) is 0 Å². The zero-order chi connectivity index (χ0) is 15.0. The highest BCUT2D eigenvalue weighted by Gasteiger charge is 2.41. The van der Waals surface area contributed by atoms with Crippen molar-refractivity contribution in [3.63, 3.8) is 0 Å². The van der Waals surface area contributed by atoms with Crippen LogP contribution in [0, 0.1) is 0 Å². The lowest BCUT2D eigenvalue weighted by atomic mass is 9.86. The normalized spacial score (nSPS) is 29.3. The number of aliphatic hydroxyl groups excluding tert-OH is 1. The number of aromatic amines is 1. The van der Waals surface area contributed by atoms with Gasteiger partial charge in [-0.3, -0.25) is 9.89 Å². The van der Waals surface area contributed by atoms with Gasteiger partial charge in [0.25, 0.3) is 5.91 Å². The molecule has 0 bridgehead atoms. The van der Waals surface area contributed by atoms with Crippen LogP contribution in [0.15, 0.2) is 0 Å². The summed E-state index contributed by atoms with van der Waals surface area (Å²) in [4.78, 5) is 14.2. The van der Waals surface area contributed by atoms with Gasteiger partial charge in [0.2, 0.25) is 0 Å². The largest absolute Gasteiger partial charge is 0.388 e. The van der Waals surface area contributed by atoms with Crippen molar-refractivity contribution in [1.82, 2.24) is 15.1 Å². The van der Waals surface area contributed by atoms with Crippen LogP contribution in [-0.2, 0) is 12.8 Å². The number of aryl methyl sites for hydroxylation is 1. The number of rotatable bonds is 2. The van der Waals surface area contributed by atoms with Crippen LogP contribution in [0.25, 0.3) is 0 Å². The summed E-state index contributed by atoms with van der Waals surface area (Å²) in [5, 5.41) is 27.5. The van der Waals surface area contributed by atoms with Crippen molar-refractivity contribution >= 4 is 5.91 Å². The predicted molar refractivity (Wildman–Crippen MR) is 77.0 cm³/mol. The van der Waals surface area contributed by atoms with E-state index in [1.54, 1.807) is 4.90 Å². The molecule has 2 atom stereocenters. The standard InChI is InChI=1S/C15H23N3O3/c1-2-15(21)7-8-18(9-12(15)19)14(20)13-10-5-3-4-6-11(10)16-17-13/h12,19,21H,2-9H2,1H3,(H,16,17)/t12-,15-/m1/s1. The number of hydrogen-bond donors (Lipinski definition) is 3. The highest BCUT2D eigenvalue weighted by molar-refractivity contribution is 5.94. The fourth-order valence-corrected chi connectivity index (χ4v) is 3.37. The van der Waals surface area contributed by atoms with Gasteiger partial charge in [0, 0.05) is 24.3 Å². The molecule has 1 fully saturated rings. The van der Waals surface area contributed by atoms with Crippen molar-refractivity contribution < 1.29 is 15.0 Å². The van der Waals surface area contributed by atoms with Gasteiger partial charge in [-0.2, -0.15) is 5.10 Å². The van der Waals surface area contributed by atoms with Crippen LogP contribution < -0.4 is 0 Å². The molecule has 0 radical (unpaired) electrons. The van der Waals surface area contributed by atoms with E-state index in [9.17, 15) is 15.0 Å². The molecular formula is C15H23N3O3. The van der Waals surface area contributed by atoms with E-state index in [0.29, 0.717) is 25.1 Å². The van der Waals surface area contributed by atoms with E-state index in [2.05, 4.69) is 10.2 Å². The minimum Gasteiger partial charge on any atom is -0.388 e. The molecular weight excluding hydrogens is 270 g/mol. The van der Waals surface area contributed by atoms with Crippen LogP contribution in [-0.4, -0.2) is 56.0 Å². The van der Waals surface area contributed by atoms with Crippen molar-refractivity contribution in [1.29, 1.82) is 0 Å². The monoisotopic (exact) mass is 293 g/mol. The number of aliphatic hydroxyl groups is 2. The Labute approximate surface area is 124 Å². The minimum absolute atomic E-state index is 0.133. The molecule has 116 valence electrons. The molecule has 6 heteroatoms. The molecule has 0 spiro atoms. The van der Waals surface area contributed by atoms with Gasteiger partial charge in [-0.05, 0) is 38.5 Å². The van der Waals surface area contributed by atoms with Crippen LogP contribution in [0.3, 0.4) is 0 Å². The van der Waals surface area contributed by atoms with Crippen molar-refractivity contribution in [3.05, 3.63) is 17.0 Å². The molecule has 0 unspecified atom stereocenters. The number of likely N-dealkylation sites (tertiary alicyclic amines) is 1. The Balaban J connectivity index is 1.76. The average molecular weight is 293 g/mol. The SMILES string of the molecule is CC[C@@]1(O)CCN(C(=O)c2n[nH]c3c2CCCC3)C[C@H]1O. The first-order valence-corrected chi connectivity index (χ1v) is 7.81. The Kier molecular flexibility index (Phi) is 3.75. The van der Waals surface area contributed by atoms with Gasteiger partial charge in [-0.25, -0.2) is 0 Å². The molecule has 1 aliphatic carbocycles. The molecule has 1 aliphatic heterocycles. The summed E-state index contributed by atoms with van der Waals surface area (Å²) in [7, 11) is 0. The maximum Gasteiger partial charge on any atom is 0.274 e. The van der Waals surface area contributed by atoms with Gasteiger partial charge in [0.1, 0.15) is 6.10 Å². The number of nitrogens with zero attached hydrogens (tertiary/aromatic N) is 2. The van der Waals surface area contributed by atoms with E-state index in [1.165, 1.54) is 0 Å². The van der Waals surface area contributed by atoms with Crippen LogP contribution in [0.2, 0.25) is 0 Å². The summed E-state index contributed by atoms with van der Waals surface area (Å²) in [6.45, 7) is 2.48. The Hall–Kier alpha value is -1.40. The molecule has 2 aliphatic rings. The molecule has 21 heavy (non-hydrogen) atoms. The Morgan fingerprint density at radius 3 is 2.95 bits per heavy atom. The molecule has 3 N–H and O–H groups in total. The number of piperidine rings is 1. The summed E-state index contributed by atoms with van der Waals surface area (Å²) in [6, 6.07) is 0. The van der Waals surface area contributed by atoms with E-state index < -0.39 is 11.7 Å². The first-order chi connectivity index (χ1) is 10.0. The number of fused-ring (bicyclic) bond motifs is 1. The Bertz CT molecular complexity index is 542. The van der Waals surface area contributed by atoms with Gasteiger partial charge in [-0.15, -0.1) is 0 Å². The molecule has 1 saturated heterocycles. The number of β-amino-alcohol motifs (C(OH)–C–C–N with tert-alkyl or cyclic N) is 1. The topological polar surface area (TPSA) is 89.5 Å². The van der Waals surface area contributed by atoms with E-state index in [-0.39, 0.29) is 12.5 Å². The number of hydrogen-bond acceptors (Lipinski definition) is 4. The quantitative estimate of drug-likeness (QED) is 0.746. The van der Waals surface area contributed by atoms with E-state index in [4.69, 9.17) is 0 Å². The van der Waals surface area contributed by atoms with Crippen LogP contribution in [0.5, 0.6) is 0 Å². The fraction of sp³-hybridized carbons (Fsp3) is 0.733. The zero-order valence-electron chi connectivity index (χ0n) is 12.4. The third-order valence-electron chi connectivity index (χ3n) is 4.99. The Morgan fingerprint density at radius 1 is 1.48 bits per heavy atom. The van der Waals surface area contributed by atoms with Crippen molar-refractivity contribution in [2.75, 3.05) is 13.1 Å². The van der Waals surface area contributed by atoms with Gasteiger partial charge in [0.05, 0.1) is 5.60 Å². The third kappa shape index (κ3) is 2.46. The molecule has 1 aromatic heterocycles. The van der Waals surface area contributed by atoms with E-state index in [1.807, 2.05) is 6.92 Å². The fourth-order valence-electron chi connectivity index (χ4n) is 3.37. The first kappa shape index (κ1) is 14.5. The zero-order valence-corrected chi connectivity index (χ0v) is 12.4. The minimum atomic E-state index is -1.07. The molecule has 2 heterocycles. The molecule has 1 amide bonds. The maximum absolute atomic E-state index is 12.6. The van der Waals surface area contributed by atoms with Gasteiger partial charge < -0.3 is 15.1 Å². The molecule has 0 aromatic carbocycles. The van der Waals surface area contributed by atoms with Crippen molar-refractivity contribution in [2.24, 2.45) is 0 Å². The summed E-state index contributed by atoms with van der Waals surface area (Å²) >= 11 is 0. The number of nitrogens with one attached hydrogen (secondary N) is 1. The summed E-state index contributed by atoms with van der Waals surface area (Å²) in [5.74, 6) is -0.133. The summed E-state index contributed by atoms with van der Waals surface area (Å²) < 4.78 is 0. The molecule has 1 aromatic rings. The van der Waals surface area contributed by atoms with Gasteiger partial charge >= 0.3 is 0 Å². The van der Waals surface area contributed by atoms with E-state index in [0.717, 1.165) is 36.9 Å². The second-order valence-corrected chi connectivity index (χ2v) is 6.21. The molecule has 0 saturated carbocycles. The number of aromatic nitrogens is 2. The lowest BCUT2D eigenvalue weighted by molar-refractivity contribution is -0.114. The van der Waals surface area contributed by atoms with Crippen LogP contribution >= 0.6 is 0 Å². The lowest BCUT2D eigenvalue weighted by Gasteiger charge is -2.41. The second-order valence-electron chi connectivity index (χ2n) is 6.21. The molecule has 6 nitrogen and oxygen atoms in total. The number of amides is 1. The van der Waals surface area contributed by atoms with Crippen molar-refractivity contribution in [2.45, 2.75) is 57.2 Å². The van der Waals surface area contributed by atoms with Gasteiger partial charge in [-0.1, -0.05) is 6.92 Å². The van der Waals surface area contributed by atoms with Crippen molar-refractivity contribution in [3.8, 4) is 0 Å². The third-order valence-corrected chi connectivity index (χ3v) is 4.99. The summed E-state index contributed by atoms with van der Waals surface area (Å²) in [6.07, 6.45) is 4.07. The highest BCUT2D eigenvalue weighted by atomic mass is 16.3. The predicted octanol–water partition coefficient (Wildman–Crippen LogP) is 0.636. The van der Waals surface area contributed by atoms with Gasteiger partial charge in [0.15, 0.2) is 5.69 Å². The van der Waals surface area contributed by atoms with E-state index >= 15 is 0 Å². The maximum atomic E-state index is 12.6. The summed E-state index contributed by atoms with van der Waals surface area (Å²) in [5.41, 5.74) is 1.55. The first-order valence-electron chi connectivity index (χ1n) is 7.81. The highest BCUT2D eigenvalue weighted by Crippen LogP contribution is 2.28. The Morgan fingerprint density at radius 2 is 2.24 bits per heavy atom. The average Bonchev–Trinajstić information content (AvgIpc) is 2.93. The second kappa shape index (κ2) is 5.42. The van der Waals surface area contributed by atoms with Crippen LogP contribution in [0.1, 0.15) is 54.4 Å². The number of H-pyrrole nitrogens is 1. The lowest BCUT2D eigenvalue weighted by Crippen LogP contribution is -2.56.